The maximum atomic E-state index is 12.7. The van der Waals surface area contributed by atoms with E-state index in [1.807, 2.05) is 0 Å². The minimum Gasteiger partial charge on any atom is -0.497 e. The van der Waals surface area contributed by atoms with E-state index in [9.17, 15) is 26.4 Å². The van der Waals surface area contributed by atoms with Crippen molar-refractivity contribution in [3.63, 3.8) is 0 Å². The first kappa shape index (κ1) is 25.6. The van der Waals surface area contributed by atoms with Gasteiger partial charge in [0.15, 0.2) is 12.4 Å². The zero-order valence-corrected chi connectivity index (χ0v) is 19.0. The predicted molar refractivity (Wildman–Crippen MR) is 120 cm³/mol. The first-order chi connectivity index (χ1) is 16.6. The molecule has 0 radical (unpaired) electrons. The van der Waals surface area contributed by atoms with Crippen LogP contribution in [0.4, 0.5) is 13.2 Å². The summed E-state index contributed by atoms with van der Waals surface area (Å²) in [6, 6.07) is 15.4. The number of amides is 1. The Bertz CT molecular complexity index is 1310. The number of nitrogens with zero attached hydrogens (tertiary/aromatic N) is 1. The number of para-hydroxylation sites is 1. The highest BCUT2D eigenvalue weighted by Crippen LogP contribution is 2.30. The summed E-state index contributed by atoms with van der Waals surface area (Å²) in [6.45, 7) is -0.342. The van der Waals surface area contributed by atoms with Crippen LogP contribution in [0.5, 0.6) is 17.2 Å². The summed E-state index contributed by atoms with van der Waals surface area (Å²) in [5.74, 6) is 0.248. The number of rotatable bonds is 9. The van der Waals surface area contributed by atoms with Crippen molar-refractivity contribution in [2.75, 3.05) is 13.7 Å². The molecule has 3 aromatic carbocycles. The molecule has 0 bridgehead atoms. The molecule has 3 rings (SSSR count). The summed E-state index contributed by atoms with van der Waals surface area (Å²) in [5.41, 5.74) is 1.44. The number of carbonyl (C=O) groups excluding carboxylic acids is 1. The fourth-order valence-corrected chi connectivity index (χ4v) is 3.64. The molecule has 0 aliphatic heterocycles. The van der Waals surface area contributed by atoms with Crippen molar-refractivity contribution >= 4 is 22.2 Å². The van der Waals surface area contributed by atoms with E-state index in [0.29, 0.717) is 23.6 Å². The van der Waals surface area contributed by atoms with Crippen molar-refractivity contribution < 1.29 is 40.0 Å². The topological polar surface area (TPSA) is 103 Å². The summed E-state index contributed by atoms with van der Waals surface area (Å²) >= 11 is 0. The largest absolute Gasteiger partial charge is 0.497 e. The van der Waals surface area contributed by atoms with Crippen molar-refractivity contribution in [3.05, 3.63) is 83.9 Å². The summed E-state index contributed by atoms with van der Waals surface area (Å²) in [5, 5.41) is 3.76. The van der Waals surface area contributed by atoms with Gasteiger partial charge in [-0.05, 0) is 48.5 Å². The maximum Gasteiger partial charge on any atom is 0.416 e. The molecule has 0 saturated heterocycles. The number of nitrogens with one attached hydrogen (secondary N) is 1. The lowest BCUT2D eigenvalue weighted by Crippen LogP contribution is -2.24. The summed E-state index contributed by atoms with van der Waals surface area (Å²) in [6.07, 6.45) is -3.45. The molecule has 0 saturated carbocycles. The van der Waals surface area contributed by atoms with E-state index in [-0.39, 0.29) is 17.9 Å². The zero-order valence-electron chi connectivity index (χ0n) is 18.2. The SMILES string of the molecule is COc1cccc(OCC(=O)N/N=C/c2ccccc2OS(=O)(=O)c2ccc(C(F)(F)F)cc2)c1. The monoisotopic (exact) mass is 508 g/mol. The molecule has 0 aliphatic carbocycles. The Labute approximate surface area is 199 Å². The smallest absolute Gasteiger partial charge is 0.416 e. The van der Waals surface area contributed by atoms with Crippen molar-refractivity contribution in [2.24, 2.45) is 5.10 Å². The summed E-state index contributed by atoms with van der Waals surface area (Å²) < 4.78 is 78.7. The Kier molecular flexibility index (Phi) is 7.97. The van der Waals surface area contributed by atoms with Crippen LogP contribution in [0.3, 0.4) is 0 Å². The number of hydrazone groups is 1. The van der Waals surface area contributed by atoms with Crippen LogP contribution in [-0.2, 0) is 21.1 Å². The second-order valence-corrected chi connectivity index (χ2v) is 8.40. The molecule has 35 heavy (non-hydrogen) atoms. The van der Waals surface area contributed by atoms with E-state index in [1.165, 1.54) is 25.3 Å². The molecule has 0 fully saturated rings. The lowest BCUT2D eigenvalue weighted by molar-refractivity contribution is -0.137. The average Bonchev–Trinajstić information content (AvgIpc) is 2.83. The van der Waals surface area contributed by atoms with Gasteiger partial charge in [-0.3, -0.25) is 4.79 Å². The van der Waals surface area contributed by atoms with Gasteiger partial charge in [-0.2, -0.15) is 26.7 Å². The maximum absolute atomic E-state index is 12.7. The van der Waals surface area contributed by atoms with Gasteiger partial charge in [0.05, 0.1) is 18.9 Å². The molecule has 184 valence electrons. The Balaban J connectivity index is 1.63. The highest BCUT2D eigenvalue weighted by atomic mass is 32.2. The minimum atomic E-state index is -4.60. The van der Waals surface area contributed by atoms with Crippen LogP contribution in [-0.4, -0.2) is 34.3 Å². The third kappa shape index (κ3) is 7.21. The van der Waals surface area contributed by atoms with E-state index >= 15 is 0 Å². The van der Waals surface area contributed by atoms with E-state index in [1.54, 1.807) is 30.3 Å². The van der Waals surface area contributed by atoms with Crippen LogP contribution in [0.1, 0.15) is 11.1 Å². The fraction of sp³-hybridized carbons (Fsp3) is 0.130. The van der Waals surface area contributed by atoms with Gasteiger partial charge in [0.2, 0.25) is 0 Å². The normalized spacial score (nSPS) is 11.8. The number of benzene rings is 3. The van der Waals surface area contributed by atoms with Gasteiger partial charge >= 0.3 is 16.3 Å². The van der Waals surface area contributed by atoms with Crippen molar-refractivity contribution in [1.82, 2.24) is 5.43 Å². The summed E-state index contributed by atoms with van der Waals surface area (Å²) in [7, 11) is -2.93. The molecule has 3 aromatic rings. The third-order valence-electron chi connectivity index (χ3n) is 4.39. The van der Waals surface area contributed by atoms with Crippen LogP contribution in [0, 0.1) is 0 Å². The van der Waals surface area contributed by atoms with Crippen molar-refractivity contribution in [2.45, 2.75) is 11.1 Å². The van der Waals surface area contributed by atoms with Crippen LogP contribution in [0.15, 0.2) is 82.8 Å². The molecule has 0 spiro atoms. The number of hydrogen-bond donors (Lipinski definition) is 1. The van der Waals surface area contributed by atoms with E-state index < -0.39 is 32.7 Å². The van der Waals surface area contributed by atoms with Gasteiger partial charge in [0.25, 0.3) is 5.91 Å². The molecule has 0 atom stereocenters. The molecule has 1 N–H and O–H groups in total. The lowest BCUT2D eigenvalue weighted by Gasteiger charge is -2.11. The average molecular weight is 508 g/mol. The second-order valence-electron chi connectivity index (χ2n) is 6.86. The van der Waals surface area contributed by atoms with Crippen LogP contribution in [0.2, 0.25) is 0 Å². The Morgan fingerprint density at radius 1 is 1.00 bits per heavy atom. The molecular formula is C23H19F3N2O6S. The van der Waals surface area contributed by atoms with E-state index in [4.69, 9.17) is 13.7 Å². The Hall–Kier alpha value is -4.06. The molecule has 0 aliphatic rings. The van der Waals surface area contributed by atoms with Gasteiger partial charge in [0, 0.05) is 11.6 Å². The Morgan fingerprint density at radius 2 is 1.69 bits per heavy atom. The Morgan fingerprint density at radius 3 is 2.37 bits per heavy atom. The minimum absolute atomic E-state index is 0.141. The molecule has 12 heteroatoms. The predicted octanol–water partition coefficient (Wildman–Crippen LogP) is 4.01. The molecule has 0 aromatic heterocycles. The zero-order chi connectivity index (χ0) is 25.5. The molecule has 0 heterocycles. The van der Waals surface area contributed by atoms with Crippen molar-refractivity contribution in [1.29, 1.82) is 0 Å². The van der Waals surface area contributed by atoms with Gasteiger partial charge in [-0.15, -0.1) is 0 Å². The molecule has 1 amide bonds. The number of halogens is 3. The highest BCUT2D eigenvalue weighted by Gasteiger charge is 2.31. The van der Waals surface area contributed by atoms with Crippen LogP contribution in [0.25, 0.3) is 0 Å². The number of alkyl halides is 3. The van der Waals surface area contributed by atoms with Gasteiger partial charge in [0.1, 0.15) is 16.4 Å². The lowest BCUT2D eigenvalue weighted by atomic mass is 10.2. The second kappa shape index (κ2) is 10.9. The molecular weight excluding hydrogens is 489 g/mol. The molecule has 8 nitrogen and oxygen atoms in total. The van der Waals surface area contributed by atoms with Crippen LogP contribution < -0.4 is 19.1 Å². The first-order valence-electron chi connectivity index (χ1n) is 9.88. The first-order valence-corrected chi connectivity index (χ1v) is 11.3. The standard InChI is InChI=1S/C23H19F3N2O6S/c1-32-18-6-4-7-19(13-18)33-15-22(29)28-27-14-16-5-2-3-8-21(16)34-35(30,31)20-11-9-17(10-12-20)23(24,25)26/h2-14H,15H2,1H3,(H,28,29)/b27-14+. The van der Waals surface area contributed by atoms with Crippen molar-refractivity contribution in [3.8, 4) is 17.2 Å². The number of ether oxygens (including phenoxy) is 2. The third-order valence-corrected chi connectivity index (χ3v) is 5.64. The van der Waals surface area contributed by atoms with Gasteiger partial charge in [-0.1, -0.05) is 18.2 Å². The number of carbonyl (C=O) groups is 1. The quantitative estimate of drug-likeness (QED) is 0.266. The van der Waals surface area contributed by atoms with Gasteiger partial charge < -0.3 is 13.7 Å². The highest BCUT2D eigenvalue weighted by molar-refractivity contribution is 7.87. The van der Waals surface area contributed by atoms with Gasteiger partial charge in [-0.25, -0.2) is 5.43 Å². The fourth-order valence-electron chi connectivity index (χ4n) is 2.69. The molecule has 0 unspecified atom stereocenters. The summed E-state index contributed by atoms with van der Waals surface area (Å²) in [4.78, 5) is 11.5. The van der Waals surface area contributed by atoms with E-state index in [2.05, 4.69) is 10.5 Å². The van der Waals surface area contributed by atoms with E-state index in [0.717, 1.165) is 18.3 Å². The van der Waals surface area contributed by atoms with Crippen LogP contribution >= 0.6 is 0 Å². The number of hydrogen-bond acceptors (Lipinski definition) is 7. The number of methoxy groups -OCH3 is 1.